The van der Waals surface area contributed by atoms with E-state index in [1.165, 1.54) is 19.9 Å². The first-order chi connectivity index (χ1) is 16.4. The molecule has 0 aliphatic heterocycles. The number of pyridine rings is 1. The van der Waals surface area contributed by atoms with E-state index in [0.29, 0.717) is 11.1 Å². The quantitative estimate of drug-likeness (QED) is 0.214. The van der Waals surface area contributed by atoms with E-state index < -0.39 is 26.0 Å². The van der Waals surface area contributed by atoms with Gasteiger partial charge in [-0.15, -0.1) is 34.9 Å². The standard InChI is InChI=1S/C21H22N.C5H8O2.Ir/c1-14(2)9-17-5-6-18-7-8-20(22-21(18)13-17)19-11-15(3)10-16(4)12-19;1-4(6)3-5(2)7;/h5-8,10-11,13-14H,9H2,1-4H3;3,6H,1-2H3;/q-1;;/b;4-3-;/i1D3,2D3,14D;;. The normalized spacial score (nSPS) is 15.6. The fourth-order valence-electron chi connectivity index (χ4n) is 2.95. The molecular formula is C26H30IrNO2-. The molecule has 0 bridgehead atoms. The minimum Gasteiger partial charge on any atom is -0.512 e. The number of aromatic nitrogens is 1. The van der Waals surface area contributed by atoms with Gasteiger partial charge < -0.3 is 5.11 Å². The molecule has 0 saturated carbocycles. The zero-order valence-corrected chi connectivity index (χ0v) is 19.9. The van der Waals surface area contributed by atoms with Crippen molar-refractivity contribution in [1.29, 1.82) is 0 Å². The summed E-state index contributed by atoms with van der Waals surface area (Å²) in [4.78, 5) is 14.7. The summed E-state index contributed by atoms with van der Waals surface area (Å²) in [5, 5.41) is 9.21. The largest absolute Gasteiger partial charge is 0.512 e. The molecule has 1 heterocycles. The summed E-state index contributed by atoms with van der Waals surface area (Å²) in [6.07, 6.45) is 0.748. The van der Waals surface area contributed by atoms with Gasteiger partial charge in [0.25, 0.3) is 0 Å². The van der Waals surface area contributed by atoms with E-state index in [1.807, 2.05) is 38.1 Å². The Bertz CT molecular complexity index is 1250. The van der Waals surface area contributed by atoms with Crippen LogP contribution in [0.4, 0.5) is 0 Å². The molecule has 2 aromatic carbocycles. The average Bonchev–Trinajstić information content (AvgIpc) is 2.70. The number of hydrogen-bond acceptors (Lipinski definition) is 3. The summed E-state index contributed by atoms with van der Waals surface area (Å²) in [6.45, 7) is 0.919. The van der Waals surface area contributed by atoms with Crippen molar-refractivity contribution in [2.24, 2.45) is 5.89 Å². The van der Waals surface area contributed by atoms with E-state index in [1.54, 1.807) is 18.2 Å². The smallest absolute Gasteiger partial charge is 0.155 e. The van der Waals surface area contributed by atoms with E-state index in [9.17, 15) is 4.79 Å². The molecule has 3 rings (SSSR count). The molecule has 1 aromatic heterocycles. The third kappa shape index (κ3) is 8.22. The number of aliphatic hydroxyl groups excluding tert-OH is 1. The van der Waals surface area contributed by atoms with Gasteiger partial charge in [-0.05, 0) is 48.9 Å². The molecule has 3 nitrogen and oxygen atoms in total. The monoisotopic (exact) mass is 588 g/mol. The molecular weight excluding hydrogens is 551 g/mol. The minimum atomic E-state index is -2.95. The molecule has 30 heavy (non-hydrogen) atoms. The minimum absolute atomic E-state index is 0. The van der Waals surface area contributed by atoms with Crippen LogP contribution in [0.25, 0.3) is 22.2 Å². The molecule has 1 radical (unpaired) electrons. The van der Waals surface area contributed by atoms with Crippen LogP contribution in [0.3, 0.4) is 0 Å². The number of aryl methyl sites for hydroxylation is 2. The van der Waals surface area contributed by atoms with Crippen LogP contribution in [0, 0.1) is 25.8 Å². The Labute approximate surface area is 203 Å². The summed E-state index contributed by atoms with van der Waals surface area (Å²) in [5.74, 6) is -2.65. The van der Waals surface area contributed by atoms with Crippen LogP contribution in [-0.4, -0.2) is 15.9 Å². The van der Waals surface area contributed by atoms with E-state index in [2.05, 4.69) is 11.1 Å². The average molecular weight is 588 g/mol. The van der Waals surface area contributed by atoms with Crippen LogP contribution in [0.5, 0.6) is 0 Å². The van der Waals surface area contributed by atoms with Crippen LogP contribution in [0.15, 0.2) is 54.3 Å². The Morgan fingerprint density at radius 3 is 2.47 bits per heavy atom. The van der Waals surface area contributed by atoms with E-state index in [-0.39, 0.29) is 31.6 Å². The van der Waals surface area contributed by atoms with Crippen molar-refractivity contribution in [1.82, 2.24) is 4.98 Å². The van der Waals surface area contributed by atoms with E-state index >= 15 is 0 Å². The zero-order valence-electron chi connectivity index (χ0n) is 24.5. The summed E-state index contributed by atoms with van der Waals surface area (Å²) < 4.78 is 53.9. The van der Waals surface area contributed by atoms with Gasteiger partial charge in [0, 0.05) is 35.8 Å². The van der Waals surface area contributed by atoms with E-state index in [0.717, 1.165) is 27.8 Å². The number of aliphatic hydroxyl groups is 1. The van der Waals surface area contributed by atoms with Gasteiger partial charge in [-0.2, -0.15) is 0 Å². The Morgan fingerprint density at radius 2 is 1.90 bits per heavy atom. The van der Waals surface area contributed by atoms with Crippen molar-refractivity contribution in [3.05, 3.63) is 77.1 Å². The Kier molecular flexibility index (Phi) is 6.44. The van der Waals surface area contributed by atoms with Gasteiger partial charge in [-0.25, -0.2) is 0 Å². The number of fused-ring (bicyclic) bond motifs is 1. The molecule has 0 aliphatic rings. The number of allylic oxidation sites excluding steroid dienone is 2. The first-order valence-electron chi connectivity index (χ1n) is 12.7. The molecule has 3 aromatic rings. The van der Waals surface area contributed by atoms with Crippen molar-refractivity contribution < 1.29 is 39.6 Å². The number of carbonyl (C=O) groups is 1. The van der Waals surface area contributed by atoms with Gasteiger partial charge in [-0.3, -0.25) is 9.78 Å². The predicted molar refractivity (Wildman–Crippen MR) is 121 cm³/mol. The maximum absolute atomic E-state index is 10.0. The van der Waals surface area contributed by atoms with Crippen molar-refractivity contribution in [3.8, 4) is 11.3 Å². The van der Waals surface area contributed by atoms with Gasteiger partial charge in [0.15, 0.2) is 5.78 Å². The third-order valence-electron chi connectivity index (χ3n) is 3.97. The van der Waals surface area contributed by atoms with Crippen LogP contribution < -0.4 is 0 Å². The molecule has 0 atom stereocenters. The zero-order chi connectivity index (χ0) is 27.5. The second-order valence-corrected chi connectivity index (χ2v) is 7.03. The predicted octanol–water partition coefficient (Wildman–Crippen LogP) is 6.55. The van der Waals surface area contributed by atoms with Gasteiger partial charge in [0.2, 0.25) is 0 Å². The summed E-state index contributed by atoms with van der Waals surface area (Å²) in [7, 11) is 0. The number of hydrogen-bond donors (Lipinski definition) is 1. The first kappa shape index (κ1) is 16.4. The van der Waals surface area contributed by atoms with Crippen molar-refractivity contribution >= 4 is 16.7 Å². The number of nitrogens with zero attached hydrogens (tertiary/aromatic N) is 1. The Balaban J connectivity index is 0.000000754. The second kappa shape index (κ2) is 11.8. The maximum Gasteiger partial charge on any atom is 0.155 e. The van der Waals surface area contributed by atoms with Crippen LogP contribution in [0.2, 0.25) is 0 Å². The molecule has 0 amide bonds. The maximum atomic E-state index is 10.0. The van der Waals surface area contributed by atoms with Crippen LogP contribution >= 0.6 is 0 Å². The second-order valence-electron chi connectivity index (χ2n) is 7.03. The van der Waals surface area contributed by atoms with Crippen LogP contribution in [-0.2, 0) is 31.3 Å². The molecule has 0 aliphatic carbocycles. The summed E-state index contributed by atoms with van der Waals surface area (Å²) in [6, 6.07) is 16.2. The number of carbonyl (C=O) groups excluding carboxylic acids is 1. The van der Waals surface area contributed by atoms with Crippen LogP contribution in [0.1, 0.15) is 53.8 Å². The molecule has 0 fully saturated rings. The Hall–Kier alpha value is -2.29. The van der Waals surface area contributed by atoms with Crippen molar-refractivity contribution in [2.75, 3.05) is 0 Å². The molecule has 4 heteroatoms. The Morgan fingerprint density at radius 1 is 1.20 bits per heavy atom. The molecule has 0 unspecified atom stereocenters. The van der Waals surface area contributed by atoms with Gasteiger partial charge >= 0.3 is 0 Å². The molecule has 1 N–H and O–H groups in total. The fourth-order valence-corrected chi connectivity index (χ4v) is 2.95. The fraction of sp³-hybridized carbons (Fsp3) is 0.308. The first-order valence-corrected chi connectivity index (χ1v) is 9.21. The number of ketones is 1. The molecule has 0 saturated heterocycles. The topological polar surface area (TPSA) is 50.2 Å². The van der Waals surface area contributed by atoms with E-state index in [4.69, 9.17) is 14.7 Å². The summed E-state index contributed by atoms with van der Waals surface area (Å²) >= 11 is 0. The van der Waals surface area contributed by atoms with Crippen molar-refractivity contribution in [3.63, 3.8) is 0 Å². The number of rotatable bonds is 4. The molecule has 161 valence electrons. The number of benzene rings is 2. The SMILES string of the molecule is CC(=O)/C=C(/C)O.[2H]C([2H])([2H])C([2H])(Cc1ccc2ccc(-c3[c-]c(C)cc(C)c3)nc2c1)C([2H])([2H])[2H].[Ir]. The molecule has 0 spiro atoms. The third-order valence-corrected chi connectivity index (χ3v) is 3.97. The van der Waals surface area contributed by atoms with Crippen molar-refractivity contribution in [2.45, 2.75) is 47.8 Å². The van der Waals surface area contributed by atoms with Gasteiger partial charge in [0.1, 0.15) is 0 Å². The van der Waals surface area contributed by atoms with Gasteiger partial charge in [0.05, 0.1) is 11.3 Å². The summed E-state index contributed by atoms with van der Waals surface area (Å²) in [5.41, 5.74) is 4.76. The van der Waals surface area contributed by atoms with Gasteiger partial charge in [-0.1, -0.05) is 51.8 Å².